The maximum atomic E-state index is 5.83. The molecule has 0 aromatic heterocycles. The maximum Gasteiger partial charge on any atom is 0.186 e. The smallest absolute Gasteiger partial charge is 0.186 e. The molecule has 1 heterocycles. The lowest BCUT2D eigenvalue weighted by molar-refractivity contribution is -0.312. The summed E-state index contributed by atoms with van der Waals surface area (Å²) < 4.78 is 32.9. The summed E-state index contributed by atoms with van der Waals surface area (Å²) in [5, 5.41) is 0. The van der Waals surface area contributed by atoms with Gasteiger partial charge in [-0.3, -0.25) is 0 Å². The van der Waals surface area contributed by atoms with Gasteiger partial charge >= 0.3 is 0 Å². The summed E-state index contributed by atoms with van der Waals surface area (Å²) in [5.74, 6) is 0.386. The van der Waals surface area contributed by atoms with Crippen LogP contribution in [-0.2, 0) is 28.4 Å². The van der Waals surface area contributed by atoms with Crippen molar-refractivity contribution in [3.05, 3.63) is 0 Å². The van der Waals surface area contributed by atoms with Crippen molar-refractivity contribution in [1.29, 1.82) is 0 Å². The summed E-state index contributed by atoms with van der Waals surface area (Å²) in [6.07, 6.45) is -1.81. The van der Waals surface area contributed by atoms with Crippen molar-refractivity contribution in [1.82, 2.24) is 0 Å². The summed E-state index contributed by atoms with van der Waals surface area (Å²) in [6.45, 7) is 0.759. The van der Waals surface area contributed by atoms with E-state index in [-0.39, 0.29) is 24.4 Å². The van der Waals surface area contributed by atoms with Crippen molar-refractivity contribution >= 4 is 11.6 Å². The fourth-order valence-electron chi connectivity index (χ4n) is 2.27. The van der Waals surface area contributed by atoms with Crippen LogP contribution in [0.5, 0.6) is 0 Å². The first-order valence-electron chi connectivity index (χ1n) is 6.13. The molecule has 0 radical (unpaired) electrons. The van der Waals surface area contributed by atoms with Gasteiger partial charge < -0.3 is 28.4 Å². The molecule has 0 aromatic rings. The molecule has 1 fully saturated rings. The standard InChI is InChI=1S/C12H23ClO6/c1-14-7-8-9(15-2)10(16-3)11(17-4)12(19-8)18-6-5-13/h8-12H,5-7H2,1-4H3/t8-,9+,10+,11-,12-/m1/s1. The summed E-state index contributed by atoms with van der Waals surface area (Å²) >= 11 is 5.63. The normalized spacial score (nSPS) is 35.5. The molecule has 1 aliphatic heterocycles. The third-order valence-corrected chi connectivity index (χ3v) is 3.25. The second-order valence-corrected chi connectivity index (χ2v) is 4.54. The van der Waals surface area contributed by atoms with Crippen LogP contribution in [-0.4, -0.2) is 78.2 Å². The van der Waals surface area contributed by atoms with E-state index in [1.165, 1.54) is 0 Å². The number of ether oxygens (including phenoxy) is 6. The van der Waals surface area contributed by atoms with Crippen molar-refractivity contribution in [3.63, 3.8) is 0 Å². The lowest BCUT2D eigenvalue weighted by Gasteiger charge is -2.44. The molecule has 1 aliphatic rings. The van der Waals surface area contributed by atoms with E-state index in [0.717, 1.165) is 0 Å². The molecule has 5 atom stereocenters. The Morgan fingerprint density at radius 1 is 0.947 bits per heavy atom. The van der Waals surface area contributed by atoms with Crippen LogP contribution in [0.15, 0.2) is 0 Å². The minimum Gasteiger partial charge on any atom is -0.382 e. The summed E-state index contributed by atoms with van der Waals surface area (Å²) in [7, 11) is 6.40. The van der Waals surface area contributed by atoms with Gasteiger partial charge in [-0.15, -0.1) is 11.6 Å². The molecular formula is C12H23ClO6. The SMILES string of the molecule is COC[C@H]1O[C@@H](OCCCl)[C@H](OC)[C@@H](OC)[C@H]1OC. The minimum atomic E-state index is -0.555. The zero-order valence-corrected chi connectivity index (χ0v) is 12.6. The minimum absolute atomic E-state index is 0.285. The second kappa shape index (κ2) is 9.07. The first kappa shape index (κ1) is 17.1. The zero-order chi connectivity index (χ0) is 14.3. The van der Waals surface area contributed by atoms with Gasteiger partial charge in [0.05, 0.1) is 13.2 Å². The van der Waals surface area contributed by atoms with Gasteiger partial charge in [-0.2, -0.15) is 0 Å². The predicted octanol–water partition coefficient (Wildman–Crippen LogP) is 0.658. The van der Waals surface area contributed by atoms with E-state index < -0.39 is 6.29 Å². The molecule has 1 rings (SSSR count). The number of rotatable bonds is 8. The molecule has 19 heavy (non-hydrogen) atoms. The van der Waals surface area contributed by atoms with Crippen LogP contribution in [0.25, 0.3) is 0 Å². The van der Waals surface area contributed by atoms with Gasteiger partial charge in [0.1, 0.15) is 24.4 Å². The van der Waals surface area contributed by atoms with E-state index in [1.54, 1.807) is 28.4 Å². The maximum absolute atomic E-state index is 5.83. The van der Waals surface area contributed by atoms with Gasteiger partial charge in [0, 0.05) is 34.3 Å². The molecule has 0 unspecified atom stereocenters. The molecule has 0 saturated carbocycles. The molecule has 6 nitrogen and oxygen atoms in total. The van der Waals surface area contributed by atoms with E-state index in [2.05, 4.69) is 0 Å². The van der Waals surface area contributed by atoms with Crippen molar-refractivity contribution in [3.8, 4) is 0 Å². The van der Waals surface area contributed by atoms with Crippen molar-refractivity contribution < 1.29 is 28.4 Å². The van der Waals surface area contributed by atoms with Gasteiger partial charge in [-0.05, 0) is 0 Å². The van der Waals surface area contributed by atoms with Crippen LogP contribution in [0, 0.1) is 0 Å². The Hall–Kier alpha value is 0.0500. The lowest BCUT2D eigenvalue weighted by atomic mass is 9.98. The van der Waals surface area contributed by atoms with Crippen LogP contribution in [0.4, 0.5) is 0 Å². The predicted molar refractivity (Wildman–Crippen MR) is 69.6 cm³/mol. The third kappa shape index (κ3) is 4.26. The molecule has 7 heteroatoms. The molecule has 1 saturated heterocycles. The van der Waals surface area contributed by atoms with Crippen LogP contribution >= 0.6 is 11.6 Å². The molecule has 0 spiro atoms. The first-order chi connectivity index (χ1) is 9.23. The Kier molecular flexibility index (Phi) is 8.17. The average Bonchev–Trinajstić information content (AvgIpc) is 2.44. The van der Waals surface area contributed by atoms with E-state index in [0.29, 0.717) is 19.1 Å². The highest BCUT2D eigenvalue weighted by atomic mass is 35.5. The number of hydrogen-bond acceptors (Lipinski definition) is 6. The first-order valence-corrected chi connectivity index (χ1v) is 6.67. The second-order valence-electron chi connectivity index (χ2n) is 4.16. The average molecular weight is 299 g/mol. The van der Waals surface area contributed by atoms with Crippen molar-refractivity contribution in [2.75, 3.05) is 47.5 Å². The van der Waals surface area contributed by atoms with E-state index >= 15 is 0 Å². The molecule has 0 aromatic carbocycles. The van der Waals surface area contributed by atoms with Crippen molar-refractivity contribution in [2.24, 2.45) is 0 Å². The van der Waals surface area contributed by atoms with Crippen LogP contribution in [0.2, 0.25) is 0 Å². The summed E-state index contributed by atoms with van der Waals surface area (Å²) in [5.41, 5.74) is 0. The zero-order valence-electron chi connectivity index (χ0n) is 11.8. The Labute approximate surface area is 119 Å². The number of methoxy groups -OCH3 is 4. The highest BCUT2D eigenvalue weighted by Crippen LogP contribution is 2.27. The molecule has 0 N–H and O–H groups in total. The molecular weight excluding hydrogens is 276 g/mol. The number of halogens is 1. The van der Waals surface area contributed by atoms with Gasteiger partial charge in [0.25, 0.3) is 0 Å². The number of alkyl halides is 1. The molecule has 114 valence electrons. The van der Waals surface area contributed by atoms with Gasteiger partial charge in [-0.25, -0.2) is 0 Å². The third-order valence-electron chi connectivity index (χ3n) is 3.10. The van der Waals surface area contributed by atoms with E-state index in [1.807, 2.05) is 0 Å². The molecule has 0 bridgehead atoms. The van der Waals surface area contributed by atoms with Crippen molar-refractivity contribution in [2.45, 2.75) is 30.7 Å². The quantitative estimate of drug-likeness (QED) is 0.614. The Morgan fingerprint density at radius 3 is 2.05 bits per heavy atom. The molecule has 0 aliphatic carbocycles. The summed E-state index contributed by atoms with van der Waals surface area (Å²) in [4.78, 5) is 0. The van der Waals surface area contributed by atoms with E-state index in [4.69, 9.17) is 40.0 Å². The summed E-state index contributed by atoms with van der Waals surface area (Å²) in [6, 6.07) is 0. The number of hydrogen-bond donors (Lipinski definition) is 0. The highest BCUT2D eigenvalue weighted by Gasteiger charge is 2.47. The topological polar surface area (TPSA) is 55.4 Å². The molecule has 0 amide bonds. The van der Waals surface area contributed by atoms with Crippen LogP contribution < -0.4 is 0 Å². The highest BCUT2D eigenvalue weighted by molar-refractivity contribution is 6.17. The largest absolute Gasteiger partial charge is 0.382 e. The van der Waals surface area contributed by atoms with Gasteiger partial charge in [-0.1, -0.05) is 0 Å². The monoisotopic (exact) mass is 298 g/mol. The fourth-order valence-corrected chi connectivity index (χ4v) is 2.36. The Morgan fingerprint density at radius 2 is 1.58 bits per heavy atom. The lowest BCUT2D eigenvalue weighted by Crippen LogP contribution is -2.61. The van der Waals surface area contributed by atoms with E-state index in [9.17, 15) is 0 Å². The Bertz CT molecular complexity index is 242. The fraction of sp³-hybridized carbons (Fsp3) is 1.00. The Balaban J connectivity index is 2.82. The van der Waals surface area contributed by atoms with Gasteiger partial charge in [0.15, 0.2) is 6.29 Å². The van der Waals surface area contributed by atoms with Crippen LogP contribution in [0.3, 0.4) is 0 Å². The van der Waals surface area contributed by atoms with Crippen LogP contribution in [0.1, 0.15) is 0 Å². The van der Waals surface area contributed by atoms with Gasteiger partial charge in [0.2, 0.25) is 0 Å².